The van der Waals surface area contributed by atoms with Crippen molar-refractivity contribution in [1.29, 1.82) is 0 Å². The molecule has 1 aromatic heterocycles. The number of aliphatic hydroxyl groups is 1. The summed E-state index contributed by atoms with van der Waals surface area (Å²) in [5, 5.41) is 13.4. The zero-order valence-corrected chi connectivity index (χ0v) is 23.2. The molecule has 5 nitrogen and oxygen atoms in total. The molecule has 0 bridgehead atoms. The molecule has 2 N–H and O–H groups in total. The van der Waals surface area contributed by atoms with Crippen LogP contribution in [-0.2, 0) is 11.2 Å². The predicted molar refractivity (Wildman–Crippen MR) is 153 cm³/mol. The second-order valence-corrected chi connectivity index (χ2v) is 11.4. The minimum absolute atomic E-state index is 0.0170. The third-order valence-corrected chi connectivity index (χ3v) is 8.20. The molecule has 1 saturated heterocycles. The molecule has 1 aliphatic heterocycles. The van der Waals surface area contributed by atoms with Crippen LogP contribution in [0.15, 0.2) is 30.3 Å². The van der Waals surface area contributed by atoms with E-state index < -0.39 is 0 Å². The second-order valence-electron chi connectivity index (χ2n) is 10.4. The smallest absolute Gasteiger partial charge is 0.240 e. The largest absolute Gasteiger partial charge is 0.393 e. The number of likely N-dealkylation sites (tertiary alicyclic amines) is 1. The Labute approximate surface area is 222 Å². The van der Waals surface area contributed by atoms with E-state index in [-0.39, 0.29) is 12.0 Å². The van der Waals surface area contributed by atoms with E-state index in [0.717, 1.165) is 43.6 Å². The summed E-state index contributed by atoms with van der Waals surface area (Å²) < 4.78 is 0. The molecule has 6 heteroatoms. The van der Waals surface area contributed by atoms with Crippen molar-refractivity contribution in [2.45, 2.75) is 109 Å². The number of aryl methyl sites for hydroxylation is 1. The normalized spacial score (nSPS) is 14.8. The van der Waals surface area contributed by atoms with Gasteiger partial charge in [-0.3, -0.25) is 9.69 Å². The molecule has 0 unspecified atom stereocenters. The minimum Gasteiger partial charge on any atom is -0.393 e. The molecule has 0 spiro atoms. The van der Waals surface area contributed by atoms with Gasteiger partial charge in [0.15, 0.2) is 5.13 Å². The van der Waals surface area contributed by atoms with Crippen molar-refractivity contribution in [2.75, 3.05) is 25.0 Å². The van der Waals surface area contributed by atoms with Crippen LogP contribution in [-0.4, -0.2) is 46.6 Å². The van der Waals surface area contributed by atoms with Gasteiger partial charge in [-0.15, -0.1) is 11.3 Å². The number of piperidine rings is 1. The third kappa shape index (κ3) is 10.7. The van der Waals surface area contributed by atoms with Crippen molar-refractivity contribution in [3.63, 3.8) is 0 Å². The van der Waals surface area contributed by atoms with Crippen molar-refractivity contribution in [3.05, 3.63) is 35.2 Å². The average Bonchev–Trinajstić information content (AvgIpc) is 3.28. The second kappa shape index (κ2) is 16.9. The number of aliphatic hydroxyl groups excluding tert-OH is 1. The minimum atomic E-state index is -0.223. The van der Waals surface area contributed by atoms with E-state index >= 15 is 0 Å². The van der Waals surface area contributed by atoms with Crippen LogP contribution in [0.1, 0.15) is 102 Å². The van der Waals surface area contributed by atoms with Crippen LogP contribution in [0, 0.1) is 0 Å². The van der Waals surface area contributed by atoms with E-state index in [1.165, 1.54) is 81.9 Å². The van der Waals surface area contributed by atoms with E-state index in [1.54, 1.807) is 11.3 Å². The van der Waals surface area contributed by atoms with Crippen molar-refractivity contribution >= 4 is 22.4 Å². The molecule has 2 aromatic rings. The Hall–Kier alpha value is -1.76. The Bertz CT molecular complexity index is 862. The Morgan fingerprint density at radius 1 is 0.944 bits per heavy atom. The summed E-state index contributed by atoms with van der Waals surface area (Å²) in [6.45, 7) is 4.18. The fourth-order valence-electron chi connectivity index (χ4n) is 4.96. The lowest BCUT2D eigenvalue weighted by atomic mass is 10.0. The molecule has 1 fully saturated rings. The summed E-state index contributed by atoms with van der Waals surface area (Å²) in [6, 6.07) is 10.3. The van der Waals surface area contributed by atoms with Crippen LogP contribution in [0.3, 0.4) is 0 Å². The fourth-order valence-corrected chi connectivity index (χ4v) is 6.00. The molecule has 1 aromatic carbocycles. The summed E-state index contributed by atoms with van der Waals surface area (Å²) in [7, 11) is 0. The molecule has 0 aliphatic carbocycles. The van der Waals surface area contributed by atoms with Gasteiger partial charge in [0.1, 0.15) is 0 Å². The number of aromatic nitrogens is 1. The first-order valence-corrected chi connectivity index (χ1v) is 15.2. The molecule has 200 valence electrons. The van der Waals surface area contributed by atoms with Crippen LogP contribution < -0.4 is 5.32 Å². The number of rotatable bonds is 17. The van der Waals surface area contributed by atoms with Crippen molar-refractivity contribution < 1.29 is 9.90 Å². The highest BCUT2D eigenvalue weighted by Gasteiger charge is 2.20. The number of hydrogen-bond acceptors (Lipinski definition) is 5. The molecule has 3 rings (SSSR count). The van der Waals surface area contributed by atoms with Gasteiger partial charge in [0, 0.05) is 23.5 Å². The van der Waals surface area contributed by atoms with Crippen LogP contribution in [0.4, 0.5) is 5.13 Å². The number of nitrogens with zero attached hydrogens (tertiary/aromatic N) is 2. The van der Waals surface area contributed by atoms with E-state index in [4.69, 9.17) is 4.98 Å². The summed E-state index contributed by atoms with van der Waals surface area (Å²) >= 11 is 1.63. The fraction of sp³-hybridized carbons (Fsp3) is 0.667. The number of unbranched alkanes of at least 4 members (excludes halogenated alkanes) is 11. The number of carbonyl (C=O) groups excluding carboxylic acids is 1. The monoisotopic (exact) mass is 513 g/mol. The molecule has 36 heavy (non-hydrogen) atoms. The zero-order valence-electron chi connectivity index (χ0n) is 22.4. The van der Waals surface area contributed by atoms with Gasteiger partial charge in [-0.1, -0.05) is 108 Å². The van der Waals surface area contributed by atoms with Gasteiger partial charge >= 0.3 is 0 Å². The Morgan fingerprint density at radius 3 is 2.14 bits per heavy atom. The molecule has 0 atom stereocenters. The van der Waals surface area contributed by atoms with E-state index in [2.05, 4.69) is 29.3 Å². The van der Waals surface area contributed by atoms with Crippen molar-refractivity contribution in [1.82, 2.24) is 9.88 Å². The molecular formula is C30H47N3O2S. The summed E-state index contributed by atoms with van der Waals surface area (Å²) in [5.74, 6) is -0.0170. The molecule has 1 aliphatic rings. The maximum atomic E-state index is 12.6. The number of hydrogen-bond donors (Lipinski definition) is 2. The highest BCUT2D eigenvalue weighted by atomic mass is 32.1. The lowest BCUT2D eigenvalue weighted by Crippen LogP contribution is -2.40. The van der Waals surface area contributed by atoms with Gasteiger partial charge in [-0.25, -0.2) is 4.98 Å². The Morgan fingerprint density at radius 2 is 1.53 bits per heavy atom. The third-order valence-electron chi connectivity index (χ3n) is 7.17. The molecule has 1 amide bonds. The average molecular weight is 514 g/mol. The van der Waals surface area contributed by atoms with Crippen LogP contribution in [0.25, 0.3) is 11.3 Å². The molecule has 2 heterocycles. The van der Waals surface area contributed by atoms with Crippen molar-refractivity contribution in [3.8, 4) is 11.3 Å². The molecule has 0 saturated carbocycles. The summed E-state index contributed by atoms with van der Waals surface area (Å²) in [6.07, 6.45) is 18.5. The number of thiazole rings is 1. The number of nitrogens with one attached hydrogen (secondary N) is 1. The first-order valence-electron chi connectivity index (χ1n) is 14.4. The summed E-state index contributed by atoms with van der Waals surface area (Å²) in [4.78, 5) is 20.9. The molecule has 0 radical (unpaired) electrons. The highest BCUT2D eigenvalue weighted by Crippen LogP contribution is 2.32. The number of amides is 1. The lowest BCUT2D eigenvalue weighted by molar-refractivity contribution is -0.117. The van der Waals surface area contributed by atoms with Gasteiger partial charge in [0.05, 0.1) is 18.3 Å². The van der Waals surface area contributed by atoms with Crippen molar-refractivity contribution in [2.24, 2.45) is 0 Å². The Balaban J connectivity index is 1.41. The number of anilines is 1. The van der Waals surface area contributed by atoms with Gasteiger partial charge in [-0.2, -0.15) is 0 Å². The Kier molecular flexibility index (Phi) is 13.5. The van der Waals surface area contributed by atoms with E-state index in [9.17, 15) is 9.90 Å². The predicted octanol–water partition coefficient (Wildman–Crippen LogP) is 7.45. The van der Waals surface area contributed by atoms with Gasteiger partial charge in [-0.05, 0) is 25.7 Å². The van der Waals surface area contributed by atoms with Gasteiger partial charge in [0.25, 0.3) is 0 Å². The number of carbonyl (C=O) groups is 1. The topological polar surface area (TPSA) is 65.5 Å². The van der Waals surface area contributed by atoms with Crippen LogP contribution in [0.2, 0.25) is 0 Å². The standard InChI is InChI=1S/C30H47N3O2S/c1-2-3-4-5-6-7-8-9-10-11-12-16-19-27-29(25-17-14-13-15-18-25)32-30(36-27)31-28(35)24-33-22-20-26(34)21-23-33/h13-15,17-18,26,34H,2-12,16,19-24H2,1H3,(H,31,32,35). The first kappa shape index (κ1) is 28.8. The SMILES string of the molecule is CCCCCCCCCCCCCCc1sc(NC(=O)CN2CCC(O)CC2)nc1-c1ccccc1. The van der Waals surface area contributed by atoms with Gasteiger partial charge < -0.3 is 10.4 Å². The number of benzene rings is 1. The quantitative estimate of drug-likeness (QED) is 0.216. The van der Waals surface area contributed by atoms with Crippen LogP contribution in [0.5, 0.6) is 0 Å². The maximum Gasteiger partial charge on any atom is 0.240 e. The summed E-state index contributed by atoms with van der Waals surface area (Å²) in [5.41, 5.74) is 2.13. The highest BCUT2D eigenvalue weighted by molar-refractivity contribution is 7.16. The molecular weight excluding hydrogens is 466 g/mol. The first-order chi connectivity index (χ1) is 17.7. The van der Waals surface area contributed by atoms with E-state index in [1.807, 2.05) is 18.2 Å². The maximum absolute atomic E-state index is 12.6. The van der Waals surface area contributed by atoms with E-state index in [0.29, 0.717) is 11.7 Å². The van der Waals surface area contributed by atoms with Gasteiger partial charge in [0.2, 0.25) is 5.91 Å². The zero-order chi connectivity index (χ0) is 25.4. The van der Waals surface area contributed by atoms with Crippen LogP contribution >= 0.6 is 11.3 Å². The lowest BCUT2D eigenvalue weighted by Gasteiger charge is -2.28.